The summed E-state index contributed by atoms with van der Waals surface area (Å²) in [6.45, 7) is 1.18. The highest BCUT2D eigenvalue weighted by Crippen LogP contribution is 2.19. The zero-order valence-corrected chi connectivity index (χ0v) is 17.0. The Balaban J connectivity index is 1.28. The molecular weight excluding hydrogens is 402 g/mol. The van der Waals surface area contributed by atoms with Crippen molar-refractivity contribution in [1.82, 2.24) is 19.6 Å². The second-order valence-corrected chi connectivity index (χ2v) is 7.47. The Bertz CT molecular complexity index is 1070. The quantitative estimate of drug-likeness (QED) is 0.626. The van der Waals surface area contributed by atoms with Gasteiger partial charge in [-0.25, -0.2) is 9.78 Å². The van der Waals surface area contributed by atoms with Crippen LogP contribution in [0.25, 0.3) is 11.7 Å². The Hall–Kier alpha value is -3.32. The molecule has 0 radical (unpaired) electrons. The van der Waals surface area contributed by atoms with E-state index in [4.69, 9.17) is 11.6 Å². The summed E-state index contributed by atoms with van der Waals surface area (Å²) in [7, 11) is 0. The van der Waals surface area contributed by atoms with Crippen LogP contribution in [0, 0.1) is 0 Å². The SMILES string of the molecule is O=C(/C=C/c1c(Cl)nc2ccccn12)NC1CCN(C(=O)Nc2ccccc2)CC1. The summed E-state index contributed by atoms with van der Waals surface area (Å²) in [5.41, 5.74) is 2.16. The number of fused-ring (bicyclic) bond motifs is 1. The minimum atomic E-state index is -0.191. The van der Waals surface area contributed by atoms with Gasteiger partial charge in [0.25, 0.3) is 0 Å². The Labute approximate surface area is 179 Å². The standard InChI is InChI=1S/C22H22ClN5O2/c23-21-18(28-13-5-4-8-19(28)26-21)9-10-20(29)24-17-11-14-27(15-12-17)22(30)25-16-6-2-1-3-7-16/h1-10,13,17H,11-12,14-15H2,(H,24,29)(H,25,30)/b10-9+. The van der Waals surface area contributed by atoms with Crippen LogP contribution in [-0.2, 0) is 4.79 Å². The van der Waals surface area contributed by atoms with Gasteiger partial charge in [0.15, 0.2) is 5.15 Å². The number of hydrogen-bond acceptors (Lipinski definition) is 3. The predicted molar refractivity (Wildman–Crippen MR) is 117 cm³/mol. The van der Waals surface area contributed by atoms with Crippen LogP contribution in [0.3, 0.4) is 0 Å². The number of para-hydroxylation sites is 1. The van der Waals surface area contributed by atoms with Crippen molar-refractivity contribution in [2.24, 2.45) is 0 Å². The molecule has 1 saturated heterocycles. The number of rotatable bonds is 4. The highest BCUT2D eigenvalue weighted by Gasteiger charge is 2.23. The molecule has 1 aliphatic rings. The molecule has 2 aromatic heterocycles. The number of halogens is 1. The van der Waals surface area contributed by atoms with Crippen LogP contribution in [0.5, 0.6) is 0 Å². The van der Waals surface area contributed by atoms with Crippen molar-refractivity contribution in [2.75, 3.05) is 18.4 Å². The van der Waals surface area contributed by atoms with Gasteiger partial charge in [-0.3, -0.25) is 9.20 Å². The van der Waals surface area contributed by atoms with E-state index in [1.54, 1.807) is 11.0 Å². The lowest BCUT2D eigenvalue weighted by Gasteiger charge is -2.32. The number of carbonyl (C=O) groups is 2. The summed E-state index contributed by atoms with van der Waals surface area (Å²) in [5.74, 6) is -0.191. The number of pyridine rings is 1. The first-order valence-corrected chi connectivity index (χ1v) is 10.2. The van der Waals surface area contributed by atoms with Gasteiger partial charge in [0.1, 0.15) is 5.65 Å². The van der Waals surface area contributed by atoms with Gasteiger partial charge in [-0.2, -0.15) is 0 Å². The smallest absolute Gasteiger partial charge is 0.321 e. The van der Waals surface area contributed by atoms with Gasteiger partial charge in [-0.15, -0.1) is 0 Å². The lowest BCUT2D eigenvalue weighted by Crippen LogP contribution is -2.47. The first-order chi connectivity index (χ1) is 14.6. The maximum Gasteiger partial charge on any atom is 0.321 e. The molecule has 0 spiro atoms. The molecule has 0 aliphatic carbocycles. The predicted octanol–water partition coefficient (Wildman–Crippen LogP) is 3.81. The van der Waals surface area contributed by atoms with E-state index in [9.17, 15) is 9.59 Å². The fourth-order valence-corrected chi connectivity index (χ4v) is 3.73. The van der Waals surface area contributed by atoms with E-state index < -0.39 is 0 Å². The fraction of sp³-hybridized carbons (Fsp3) is 0.227. The van der Waals surface area contributed by atoms with E-state index >= 15 is 0 Å². The van der Waals surface area contributed by atoms with Crippen molar-refractivity contribution in [3.05, 3.63) is 71.7 Å². The van der Waals surface area contributed by atoms with Crippen LogP contribution in [0.4, 0.5) is 10.5 Å². The van der Waals surface area contributed by atoms with Gasteiger partial charge in [0.05, 0.1) is 5.69 Å². The zero-order valence-electron chi connectivity index (χ0n) is 16.3. The normalized spacial score (nSPS) is 14.9. The maximum absolute atomic E-state index is 12.4. The van der Waals surface area contributed by atoms with Crippen molar-refractivity contribution in [1.29, 1.82) is 0 Å². The third-order valence-electron chi connectivity index (χ3n) is 5.07. The van der Waals surface area contributed by atoms with Crippen molar-refractivity contribution in [3.8, 4) is 0 Å². The second kappa shape index (κ2) is 9.00. The van der Waals surface area contributed by atoms with E-state index in [0.29, 0.717) is 36.8 Å². The van der Waals surface area contributed by atoms with Gasteiger partial charge in [0.2, 0.25) is 5.91 Å². The Kier molecular flexibility index (Phi) is 5.99. The average molecular weight is 424 g/mol. The zero-order chi connectivity index (χ0) is 20.9. The number of urea groups is 1. The molecule has 0 bridgehead atoms. The minimum absolute atomic E-state index is 0.0283. The molecule has 1 fully saturated rings. The van der Waals surface area contributed by atoms with Crippen molar-refractivity contribution in [3.63, 3.8) is 0 Å². The summed E-state index contributed by atoms with van der Waals surface area (Å²) >= 11 is 6.19. The summed E-state index contributed by atoms with van der Waals surface area (Å²) in [6.07, 6.45) is 6.40. The topological polar surface area (TPSA) is 78.7 Å². The van der Waals surface area contributed by atoms with Crippen LogP contribution in [0.1, 0.15) is 18.5 Å². The van der Waals surface area contributed by atoms with E-state index in [2.05, 4.69) is 15.6 Å². The number of piperidine rings is 1. The second-order valence-electron chi connectivity index (χ2n) is 7.12. The third-order valence-corrected chi connectivity index (χ3v) is 5.35. The van der Waals surface area contributed by atoms with E-state index in [1.165, 1.54) is 6.08 Å². The van der Waals surface area contributed by atoms with Gasteiger partial charge in [-0.05, 0) is 43.2 Å². The highest BCUT2D eigenvalue weighted by molar-refractivity contribution is 6.31. The molecule has 0 unspecified atom stereocenters. The Morgan fingerprint density at radius 2 is 1.80 bits per heavy atom. The molecule has 1 aliphatic heterocycles. The number of nitrogens with zero attached hydrogens (tertiary/aromatic N) is 3. The summed E-state index contributed by atoms with van der Waals surface area (Å²) < 4.78 is 1.83. The summed E-state index contributed by atoms with van der Waals surface area (Å²) in [5, 5.41) is 6.24. The number of anilines is 1. The Morgan fingerprint density at radius 1 is 1.07 bits per heavy atom. The lowest BCUT2D eigenvalue weighted by molar-refractivity contribution is -0.117. The van der Waals surface area contributed by atoms with Crippen LogP contribution in [0.15, 0.2) is 60.8 Å². The van der Waals surface area contributed by atoms with Crippen molar-refractivity contribution >= 4 is 40.9 Å². The summed E-state index contributed by atoms with van der Waals surface area (Å²) in [6, 6.07) is 14.9. The van der Waals surface area contributed by atoms with Crippen LogP contribution in [-0.4, -0.2) is 45.4 Å². The number of aromatic nitrogens is 2. The molecule has 0 saturated carbocycles. The molecular formula is C22H22ClN5O2. The largest absolute Gasteiger partial charge is 0.350 e. The molecule has 1 aromatic carbocycles. The minimum Gasteiger partial charge on any atom is -0.350 e. The fourth-order valence-electron chi connectivity index (χ4n) is 3.49. The molecule has 3 amide bonds. The van der Waals surface area contributed by atoms with Crippen LogP contribution >= 0.6 is 11.6 Å². The van der Waals surface area contributed by atoms with Crippen LogP contribution in [0.2, 0.25) is 5.15 Å². The molecule has 4 rings (SSSR count). The molecule has 30 heavy (non-hydrogen) atoms. The number of benzene rings is 1. The van der Waals surface area contributed by atoms with Gasteiger partial charge in [0, 0.05) is 37.1 Å². The van der Waals surface area contributed by atoms with E-state index in [1.807, 2.05) is 59.1 Å². The molecule has 7 nitrogen and oxygen atoms in total. The Morgan fingerprint density at radius 3 is 2.57 bits per heavy atom. The molecule has 0 atom stereocenters. The maximum atomic E-state index is 12.4. The van der Waals surface area contributed by atoms with Crippen molar-refractivity contribution in [2.45, 2.75) is 18.9 Å². The number of hydrogen-bond donors (Lipinski definition) is 2. The van der Waals surface area contributed by atoms with Gasteiger partial charge >= 0.3 is 6.03 Å². The van der Waals surface area contributed by atoms with E-state index in [-0.39, 0.29) is 18.0 Å². The molecule has 2 N–H and O–H groups in total. The number of nitrogens with one attached hydrogen (secondary N) is 2. The molecule has 3 heterocycles. The highest BCUT2D eigenvalue weighted by atomic mass is 35.5. The van der Waals surface area contributed by atoms with Crippen molar-refractivity contribution < 1.29 is 9.59 Å². The number of imidazole rings is 1. The molecule has 3 aromatic rings. The third kappa shape index (κ3) is 4.63. The number of likely N-dealkylation sites (tertiary alicyclic amines) is 1. The first-order valence-electron chi connectivity index (χ1n) is 9.82. The number of amides is 3. The molecule has 154 valence electrons. The number of carbonyl (C=O) groups excluding carboxylic acids is 2. The van der Waals surface area contributed by atoms with Gasteiger partial charge in [-0.1, -0.05) is 35.9 Å². The average Bonchev–Trinajstić information content (AvgIpc) is 3.08. The summed E-state index contributed by atoms with van der Waals surface area (Å²) in [4.78, 5) is 30.7. The van der Waals surface area contributed by atoms with Crippen LogP contribution < -0.4 is 10.6 Å². The lowest BCUT2D eigenvalue weighted by atomic mass is 10.1. The van der Waals surface area contributed by atoms with E-state index in [0.717, 1.165) is 11.3 Å². The monoisotopic (exact) mass is 423 g/mol. The molecule has 8 heteroatoms. The first kappa shape index (κ1) is 20.0. The van der Waals surface area contributed by atoms with Gasteiger partial charge < -0.3 is 15.5 Å².